The molecule has 0 unspecified atom stereocenters. The van der Waals surface area contributed by atoms with Crippen LogP contribution in [0.2, 0.25) is 10.0 Å². The lowest BCUT2D eigenvalue weighted by molar-refractivity contribution is -0.384. The zero-order valence-electron chi connectivity index (χ0n) is 13.0. The van der Waals surface area contributed by atoms with Gasteiger partial charge in [0.05, 0.1) is 4.92 Å². The number of nitrogens with zero attached hydrogens (tertiary/aromatic N) is 3. The Balaban J connectivity index is 1.65. The number of rotatable bonds is 4. The summed E-state index contributed by atoms with van der Waals surface area (Å²) in [5.74, 6) is 0. The number of nitro groups is 1. The van der Waals surface area contributed by atoms with Gasteiger partial charge in [0, 0.05) is 48.8 Å². The highest BCUT2D eigenvalue weighted by Crippen LogP contribution is 2.29. The van der Waals surface area contributed by atoms with Gasteiger partial charge in [-0.25, -0.2) is 0 Å². The van der Waals surface area contributed by atoms with E-state index in [4.69, 9.17) is 23.2 Å². The Labute approximate surface area is 150 Å². The molecule has 1 aliphatic heterocycles. The number of piperazine rings is 1. The molecular weight excluding hydrogens is 349 g/mol. The summed E-state index contributed by atoms with van der Waals surface area (Å²) < 4.78 is 0. The molecule has 0 spiro atoms. The van der Waals surface area contributed by atoms with Crippen LogP contribution in [0.1, 0.15) is 5.56 Å². The summed E-state index contributed by atoms with van der Waals surface area (Å²) >= 11 is 12.2. The summed E-state index contributed by atoms with van der Waals surface area (Å²) in [7, 11) is 0. The molecule has 1 fully saturated rings. The van der Waals surface area contributed by atoms with Gasteiger partial charge in [0.25, 0.3) is 5.69 Å². The van der Waals surface area contributed by atoms with Crippen LogP contribution >= 0.6 is 23.2 Å². The van der Waals surface area contributed by atoms with Gasteiger partial charge in [-0.3, -0.25) is 15.0 Å². The normalized spacial score (nSPS) is 15.5. The largest absolute Gasteiger partial charge is 0.363 e. The molecule has 1 aliphatic rings. The number of benzene rings is 2. The quantitative estimate of drug-likeness (QED) is 0.600. The third kappa shape index (κ3) is 3.80. The van der Waals surface area contributed by atoms with Gasteiger partial charge in [-0.2, -0.15) is 0 Å². The molecule has 0 amide bonds. The molecule has 1 heterocycles. The molecule has 1 saturated heterocycles. The Morgan fingerprint density at radius 1 is 1.04 bits per heavy atom. The predicted octanol–water partition coefficient (Wildman–Crippen LogP) is 4.22. The van der Waals surface area contributed by atoms with Gasteiger partial charge in [0.1, 0.15) is 5.69 Å². The summed E-state index contributed by atoms with van der Waals surface area (Å²) in [6.07, 6.45) is 0. The van der Waals surface area contributed by atoms with Crippen molar-refractivity contribution in [2.45, 2.75) is 6.54 Å². The maximum absolute atomic E-state index is 11.2. The van der Waals surface area contributed by atoms with Crippen LogP contribution < -0.4 is 4.90 Å². The monoisotopic (exact) mass is 365 g/mol. The minimum atomic E-state index is -0.324. The van der Waals surface area contributed by atoms with Crippen molar-refractivity contribution in [3.63, 3.8) is 0 Å². The van der Waals surface area contributed by atoms with Crippen LogP contribution in [0.25, 0.3) is 0 Å². The molecule has 126 valence electrons. The lowest BCUT2D eigenvalue weighted by Crippen LogP contribution is -2.46. The third-order valence-corrected chi connectivity index (χ3v) is 4.79. The molecule has 0 N–H and O–H groups in total. The SMILES string of the molecule is O=[N+]([O-])c1ccccc1N1CCN(Cc2ccc(Cl)cc2Cl)CC1. The molecule has 0 bridgehead atoms. The van der Waals surface area contributed by atoms with Gasteiger partial charge < -0.3 is 4.90 Å². The number of hydrogen-bond acceptors (Lipinski definition) is 4. The second kappa shape index (κ2) is 7.38. The summed E-state index contributed by atoms with van der Waals surface area (Å²) in [6, 6.07) is 12.4. The fourth-order valence-electron chi connectivity index (χ4n) is 2.92. The first kappa shape index (κ1) is 17.0. The van der Waals surface area contributed by atoms with E-state index in [1.54, 1.807) is 18.2 Å². The van der Waals surface area contributed by atoms with Crippen LogP contribution in [0.5, 0.6) is 0 Å². The minimum absolute atomic E-state index is 0.159. The van der Waals surface area contributed by atoms with E-state index in [9.17, 15) is 10.1 Å². The maximum atomic E-state index is 11.2. The van der Waals surface area contributed by atoms with E-state index in [0.29, 0.717) is 15.7 Å². The van der Waals surface area contributed by atoms with E-state index >= 15 is 0 Å². The Kier molecular flexibility index (Phi) is 5.23. The first-order chi connectivity index (χ1) is 11.5. The van der Waals surface area contributed by atoms with Gasteiger partial charge >= 0.3 is 0 Å². The van der Waals surface area contributed by atoms with E-state index in [2.05, 4.69) is 9.80 Å². The van der Waals surface area contributed by atoms with Gasteiger partial charge in [0.2, 0.25) is 0 Å². The Morgan fingerprint density at radius 3 is 2.42 bits per heavy atom. The zero-order valence-corrected chi connectivity index (χ0v) is 14.5. The molecule has 0 atom stereocenters. The van der Waals surface area contributed by atoms with E-state index in [1.807, 2.05) is 24.3 Å². The average Bonchev–Trinajstić information content (AvgIpc) is 2.58. The highest BCUT2D eigenvalue weighted by Gasteiger charge is 2.23. The standard InChI is InChI=1S/C17H17Cl2N3O2/c18-14-6-5-13(15(19)11-14)12-20-7-9-21(10-8-20)16-3-1-2-4-17(16)22(23)24/h1-6,11H,7-10,12H2. The van der Waals surface area contributed by atoms with E-state index in [1.165, 1.54) is 0 Å². The lowest BCUT2D eigenvalue weighted by Gasteiger charge is -2.35. The number of hydrogen-bond donors (Lipinski definition) is 0. The molecule has 5 nitrogen and oxygen atoms in total. The summed E-state index contributed by atoms with van der Waals surface area (Å²) in [5, 5.41) is 12.5. The van der Waals surface area contributed by atoms with Crippen molar-refractivity contribution < 1.29 is 4.92 Å². The highest BCUT2D eigenvalue weighted by molar-refractivity contribution is 6.35. The van der Waals surface area contributed by atoms with Gasteiger partial charge in [-0.1, -0.05) is 41.4 Å². The second-order valence-electron chi connectivity index (χ2n) is 5.74. The number of nitro benzene ring substituents is 1. The van der Waals surface area contributed by atoms with E-state index in [-0.39, 0.29) is 10.6 Å². The molecule has 7 heteroatoms. The first-order valence-corrected chi connectivity index (χ1v) is 8.45. The van der Waals surface area contributed by atoms with Crippen LogP contribution in [0.4, 0.5) is 11.4 Å². The van der Waals surface area contributed by atoms with E-state index in [0.717, 1.165) is 38.3 Å². The van der Waals surface area contributed by atoms with Crippen LogP contribution in [-0.2, 0) is 6.54 Å². The smallest absolute Gasteiger partial charge is 0.292 e. The number of halogens is 2. The average molecular weight is 366 g/mol. The van der Waals surface area contributed by atoms with Gasteiger partial charge in [0.15, 0.2) is 0 Å². The van der Waals surface area contributed by atoms with Crippen molar-refractivity contribution in [3.8, 4) is 0 Å². The van der Waals surface area contributed by atoms with Crippen molar-refractivity contribution in [1.29, 1.82) is 0 Å². The topological polar surface area (TPSA) is 49.6 Å². The zero-order chi connectivity index (χ0) is 17.1. The van der Waals surface area contributed by atoms with Crippen LogP contribution in [0.15, 0.2) is 42.5 Å². The lowest BCUT2D eigenvalue weighted by atomic mass is 10.1. The summed E-state index contributed by atoms with van der Waals surface area (Å²) in [4.78, 5) is 15.2. The van der Waals surface area contributed by atoms with Gasteiger partial charge in [-0.15, -0.1) is 0 Å². The van der Waals surface area contributed by atoms with Crippen LogP contribution in [-0.4, -0.2) is 36.0 Å². The highest BCUT2D eigenvalue weighted by atomic mass is 35.5. The second-order valence-corrected chi connectivity index (χ2v) is 6.59. The molecule has 0 aliphatic carbocycles. The molecule has 2 aromatic rings. The third-order valence-electron chi connectivity index (χ3n) is 4.20. The van der Waals surface area contributed by atoms with Gasteiger partial charge in [-0.05, 0) is 23.8 Å². The maximum Gasteiger partial charge on any atom is 0.292 e. The fourth-order valence-corrected chi connectivity index (χ4v) is 3.39. The number of para-hydroxylation sites is 2. The Bertz CT molecular complexity index is 746. The first-order valence-electron chi connectivity index (χ1n) is 7.69. The molecule has 0 saturated carbocycles. The Morgan fingerprint density at radius 2 is 1.75 bits per heavy atom. The summed E-state index contributed by atoms with van der Waals surface area (Å²) in [6.45, 7) is 3.89. The predicted molar refractivity (Wildman–Crippen MR) is 97.0 cm³/mol. The molecular formula is C17H17Cl2N3O2. The minimum Gasteiger partial charge on any atom is -0.363 e. The fraction of sp³-hybridized carbons (Fsp3) is 0.294. The van der Waals surface area contributed by atoms with Crippen molar-refractivity contribution in [1.82, 2.24) is 4.90 Å². The van der Waals surface area contributed by atoms with Crippen molar-refractivity contribution in [2.24, 2.45) is 0 Å². The van der Waals surface area contributed by atoms with Crippen LogP contribution in [0, 0.1) is 10.1 Å². The molecule has 2 aromatic carbocycles. The van der Waals surface area contributed by atoms with Crippen molar-refractivity contribution in [2.75, 3.05) is 31.1 Å². The molecule has 0 radical (unpaired) electrons. The van der Waals surface area contributed by atoms with Crippen LogP contribution in [0.3, 0.4) is 0 Å². The number of anilines is 1. The van der Waals surface area contributed by atoms with Crippen molar-refractivity contribution in [3.05, 3.63) is 68.2 Å². The van der Waals surface area contributed by atoms with Crippen molar-refractivity contribution >= 4 is 34.6 Å². The molecule has 3 rings (SSSR count). The summed E-state index contributed by atoms with van der Waals surface area (Å²) in [5.41, 5.74) is 1.89. The Hall–Kier alpha value is -1.82. The molecule has 0 aromatic heterocycles. The molecule has 24 heavy (non-hydrogen) atoms. The van der Waals surface area contributed by atoms with E-state index < -0.39 is 0 Å².